The third-order valence-corrected chi connectivity index (χ3v) is 6.41. The van der Waals surface area contributed by atoms with E-state index < -0.39 is 17.7 Å². The normalized spacial score (nSPS) is 16.7. The molecule has 1 N–H and O–H groups in total. The molecular weight excluding hydrogens is 468 g/mol. The van der Waals surface area contributed by atoms with Crippen LogP contribution in [-0.4, -0.2) is 44.6 Å². The molecule has 0 aromatic heterocycles. The highest BCUT2D eigenvalue weighted by Gasteiger charge is 2.47. The molecule has 3 aromatic carbocycles. The lowest BCUT2D eigenvalue weighted by Crippen LogP contribution is -2.29. The van der Waals surface area contributed by atoms with Crippen LogP contribution in [0.3, 0.4) is 0 Å². The SMILES string of the molecule is CCCOc1cccc(N2C(=O)C(=O)/C(=C(/O)c3ccc(OC)c(C)c3)C2c2ccc(N(C)C)cc2)c1. The maximum atomic E-state index is 13.5. The quantitative estimate of drug-likeness (QED) is 0.251. The lowest BCUT2D eigenvalue weighted by atomic mass is 9.94. The summed E-state index contributed by atoms with van der Waals surface area (Å²) in [6.45, 7) is 4.41. The van der Waals surface area contributed by atoms with Crippen molar-refractivity contribution in [2.75, 3.05) is 37.6 Å². The number of carbonyl (C=O) groups excluding carboxylic acids is 2. The fourth-order valence-electron chi connectivity index (χ4n) is 4.49. The first-order valence-electron chi connectivity index (χ1n) is 12.2. The van der Waals surface area contributed by atoms with Gasteiger partial charge in [-0.05, 0) is 66.9 Å². The number of ketones is 1. The number of rotatable bonds is 8. The van der Waals surface area contributed by atoms with Crippen molar-refractivity contribution in [3.05, 3.63) is 89.0 Å². The number of nitrogens with zero attached hydrogens (tertiary/aromatic N) is 2. The monoisotopic (exact) mass is 500 g/mol. The summed E-state index contributed by atoms with van der Waals surface area (Å²) in [5, 5.41) is 11.4. The number of carbonyl (C=O) groups is 2. The Morgan fingerprint density at radius 3 is 2.38 bits per heavy atom. The molecule has 0 radical (unpaired) electrons. The lowest BCUT2D eigenvalue weighted by molar-refractivity contribution is -0.132. The molecule has 0 saturated carbocycles. The van der Waals surface area contributed by atoms with E-state index in [1.54, 1.807) is 43.5 Å². The van der Waals surface area contributed by atoms with Crippen LogP contribution in [0.1, 0.15) is 36.1 Å². The molecule has 1 unspecified atom stereocenters. The third kappa shape index (κ3) is 5.03. The smallest absolute Gasteiger partial charge is 0.300 e. The number of methoxy groups -OCH3 is 1. The first kappa shape index (κ1) is 25.8. The van der Waals surface area contributed by atoms with Crippen molar-refractivity contribution in [2.24, 2.45) is 0 Å². The van der Waals surface area contributed by atoms with Crippen LogP contribution in [0.15, 0.2) is 72.3 Å². The minimum atomic E-state index is -0.819. The number of aliphatic hydroxyl groups excluding tert-OH is 1. The van der Waals surface area contributed by atoms with Gasteiger partial charge >= 0.3 is 0 Å². The molecule has 0 spiro atoms. The largest absolute Gasteiger partial charge is 0.507 e. The summed E-state index contributed by atoms with van der Waals surface area (Å²) in [7, 11) is 5.45. The van der Waals surface area contributed by atoms with Crippen LogP contribution >= 0.6 is 0 Å². The summed E-state index contributed by atoms with van der Waals surface area (Å²) >= 11 is 0. The molecule has 37 heavy (non-hydrogen) atoms. The van der Waals surface area contributed by atoms with Gasteiger partial charge < -0.3 is 19.5 Å². The molecule has 1 aliphatic rings. The number of anilines is 2. The molecule has 4 rings (SSSR count). The van der Waals surface area contributed by atoms with E-state index in [0.717, 1.165) is 17.7 Å². The molecule has 1 aliphatic heterocycles. The number of hydrogen-bond donors (Lipinski definition) is 1. The molecule has 192 valence electrons. The number of aliphatic hydroxyl groups is 1. The first-order chi connectivity index (χ1) is 17.8. The highest BCUT2D eigenvalue weighted by atomic mass is 16.5. The van der Waals surface area contributed by atoms with Crippen molar-refractivity contribution in [3.8, 4) is 11.5 Å². The van der Waals surface area contributed by atoms with Gasteiger partial charge in [-0.2, -0.15) is 0 Å². The van der Waals surface area contributed by atoms with Crippen molar-refractivity contribution < 1.29 is 24.2 Å². The number of benzene rings is 3. The minimum Gasteiger partial charge on any atom is -0.507 e. The van der Waals surface area contributed by atoms with E-state index in [2.05, 4.69) is 0 Å². The molecule has 1 fully saturated rings. The molecule has 1 heterocycles. The van der Waals surface area contributed by atoms with Gasteiger partial charge in [0.25, 0.3) is 11.7 Å². The second-order valence-electron chi connectivity index (χ2n) is 9.19. The average Bonchev–Trinajstić information content (AvgIpc) is 3.17. The summed E-state index contributed by atoms with van der Waals surface area (Å²) in [6.07, 6.45) is 0.842. The molecule has 7 nitrogen and oxygen atoms in total. The summed E-state index contributed by atoms with van der Waals surface area (Å²) in [5.74, 6) is -0.411. The van der Waals surface area contributed by atoms with Gasteiger partial charge in [-0.1, -0.05) is 25.1 Å². The molecule has 1 atom stereocenters. The van der Waals surface area contributed by atoms with E-state index >= 15 is 0 Å². The Balaban J connectivity index is 1.89. The average molecular weight is 501 g/mol. The van der Waals surface area contributed by atoms with Crippen LogP contribution in [0.2, 0.25) is 0 Å². The highest BCUT2D eigenvalue weighted by Crippen LogP contribution is 2.43. The standard InChI is InChI=1S/C30H32N2O5/c1-6-16-37-24-9-7-8-23(18-24)32-27(20-10-13-22(14-11-20)31(3)4)26(29(34)30(32)35)28(33)21-12-15-25(36-5)19(2)17-21/h7-15,17-18,27,33H,6,16H2,1-5H3/b28-26+. The Hall–Kier alpha value is -4.26. The minimum absolute atomic E-state index is 0.0343. The number of aryl methyl sites for hydroxylation is 1. The topological polar surface area (TPSA) is 79.3 Å². The van der Waals surface area contributed by atoms with Crippen molar-refractivity contribution in [3.63, 3.8) is 0 Å². The molecule has 1 amide bonds. The second-order valence-corrected chi connectivity index (χ2v) is 9.19. The van der Waals surface area contributed by atoms with Crippen molar-refractivity contribution in [1.82, 2.24) is 0 Å². The highest BCUT2D eigenvalue weighted by molar-refractivity contribution is 6.51. The van der Waals surface area contributed by atoms with Crippen LogP contribution in [0.25, 0.3) is 5.76 Å². The van der Waals surface area contributed by atoms with E-state index in [-0.39, 0.29) is 11.3 Å². The van der Waals surface area contributed by atoms with E-state index in [1.165, 1.54) is 4.90 Å². The van der Waals surface area contributed by atoms with Crippen molar-refractivity contribution >= 4 is 28.8 Å². The third-order valence-electron chi connectivity index (χ3n) is 6.41. The number of ether oxygens (including phenoxy) is 2. The Morgan fingerprint density at radius 1 is 1.03 bits per heavy atom. The zero-order valence-electron chi connectivity index (χ0n) is 21.8. The van der Waals surface area contributed by atoms with Crippen LogP contribution in [0.4, 0.5) is 11.4 Å². The fourth-order valence-corrected chi connectivity index (χ4v) is 4.49. The van der Waals surface area contributed by atoms with Gasteiger partial charge in [0.05, 0.1) is 25.3 Å². The van der Waals surface area contributed by atoms with Gasteiger partial charge in [0.1, 0.15) is 17.3 Å². The van der Waals surface area contributed by atoms with Gasteiger partial charge in [-0.25, -0.2) is 0 Å². The zero-order valence-corrected chi connectivity index (χ0v) is 21.8. The maximum Gasteiger partial charge on any atom is 0.300 e. The summed E-state index contributed by atoms with van der Waals surface area (Å²) in [4.78, 5) is 30.3. The van der Waals surface area contributed by atoms with Crippen LogP contribution in [0, 0.1) is 6.92 Å². The Morgan fingerprint density at radius 2 is 1.76 bits per heavy atom. The van der Waals surface area contributed by atoms with E-state index in [9.17, 15) is 14.7 Å². The molecule has 0 bridgehead atoms. The Kier molecular flexibility index (Phi) is 7.53. The second kappa shape index (κ2) is 10.8. The summed E-state index contributed by atoms with van der Waals surface area (Å²) < 4.78 is 11.1. The number of hydrogen-bond acceptors (Lipinski definition) is 6. The van der Waals surface area contributed by atoms with Gasteiger partial charge in [0.2, 0.25) is 0 Å². The maximum absolute atomic E-state index is 13.5. The molecular formula is C30H32N2O5. The summed E-state index contributed by atoms with van der Waals surface area (Å²) in [5.41, 5.74) is 3.46. The fraction of sp³-hybridized carbons (Fsp3) is 0.267. The van der Waals surface area contributed by atoms with Gasteiger partial charge in [-0.15, -0.1) is 0 Å². The summed E-state index contributed by atoms with van der Waals surface area (Å²) in [6, 6.07) is 19.1. The van der Waals surface area contributed by atoms with E-state index in [0.29, 0.717) is 34.9 Å². The Labute approximate surface area is 217 Å². The number of amides is 1. The van der Waals surface area contributed by atoms with Gasteiger partial charge in [0.15, 0.2) is 0 Å². The van der Waals surface area contributed by atoms with Gasteiger partial charge in [-0.3, -0.25) is 14.5 Å². The van der Waals surface area contributed by atoms with E-state index in [4.69, 9.17) is 9.47 Å². The van der Waals surface area contributed by atoms with Crippen LogP contribution < -0.4 is 19.3 Å². The van der Waals surface area contributed by atoms with E-state index in [1.807, 2.05) is 63.2 Å². The molecule has 7 heteroatoms. The first-order valence-corrected chi connectivity index (χ1v) is 12.2. The van der Waals surface area contributed by atoms with Gasteiger partial charge in [0, 0.05) is 37.1 Å². The zero-order chi connectivity index (χ0) is 26.7. The van der Waals surface area contributed by atoms with Crippen LogP contribution in [0.5, 0.6) is 11.5 Å². The Bertz CT molecular complexity index is 1340. The number of Topliss-reactive ketones (excluding diaryl/α,β-unsaturated/α-hetero) is 1. The van der Waals surface area contributed by atoms with Crippen molar-refractivity contribution in [2.45, 2.75) is 26.3 Å². The predicted octanol–water partition coefficient (Wildman–Crippen LogP) is 5.48. The predicted molar refractivity (Wildman–Crippen MR) is 146 cm³/mol. The van der Waals surface area contributed by atoms with Crippen LogP contribution in [-0.2, 0) is 9.59 Å². The van der Waals surface area contributed by atoms with Crippen molar-refractivity contribution in [1.29, 1.82) is 0 Å². The molecule has 0 aliphatic carbocycles. The molecule has 3 aromatic rings. The lowest BCUT2D eigenvalue weighted by Gasteiger charge is -2.26. The molecule has 1 saturated heterocycles.